The highest BCUT2D eigenvalue weighted by Gasteiger charge is 2.31. The largest absolute Gasteiger partial charge is 0.474 e. The molecule has 0 atom stereocenters. The third-order valence-corrected chi connectivity index (χ3v) is 6.67. The Bertz CT molecular complexity index is 1070. The summed E-state index contributed by atoms with van der Waals surface area (Å²) in [5.74, 6) is 3.19. The summed E-state index contributed by atoms with van der Waals surface area (Å²) in [6.45, 7) is 6.81. The second kappa shape index (κ2) is 8.60. The Morgan fingerprint density at radius 3 is 2.68 bits per heavy atom. The summed E-state index contributed by atoms with van der Waals surface area (Å²) in [6, 6.07) is 12.1. The van der Waals surface area contributed by atoms with Crippen LogP contribution in [-0.4, -0.2) is 37.3 Å². The minimum atomic E-state index is 0.207. The van der Waals surface area contributed by atoms with Crippen molar-refractivity contribution in [1.82, 2.24) is 24.6 Å². The number of benzene rings is 1. The van der Waals surface area contributed by atoms with Crippen LogP contribution in [0.25, 0.3) is 5.69 Å². The number of ether oxygens (including phenoxy) is 1. The van der Waals surface area contributed by atoms with E-state index in [0.29, 0.717) is 5.92 Å². The molecule has 5 rings (SSSR count). The number of fused-ring (bicyclic) bond motifs is 3. The van der Waals surface area contributed by atoms with Gasteiger partial charge in [0.15, 0.2) is 5.82 Å². The van der Waals surface area contributed by atoms with Gasteiger partial charge in [-0.2, -0.15) is 0 Å². The Morgan fingerprint density at radius 1 is 1.06 bits per heavy atom. The summed E-state index contributed by atoms with van der Waals surface area (Å²) < 4.78 is 8.44. The van der Waals surface area contributed by atoms with Crippen molar-refractivity contribution in [1.29, 1.82) is 0 Å². The molecule has 162 valence electrons. The highest BCUT2D eigenvalue weighted by Crippen LogP contribution is 2.37. The zero-order valence-corrected chi connectivity index (χ0v) is 18.8. The summed E-state index contributed by atoms with van der Waals surface area (Å²) in [5.41, 5.74) is 3.38. The monoisotopic (exact) mass is 437 g/mol. The fourth-order valence-corrected chi connectivity index (χ4v) is 4.97. The second-order valence-corrected chi connectivity index (χ2v) is 9.03. The van der Waals surface area contributed by atoms with Gasteiger partial charge in [0.1, 0.15) is 11.9 Å². The highest BCUT2D eigenvalue weighted by molar-refractivity contribution is 6.30. The standard InChI is InChI=1S/C24H28ClN5O/c1-3-29-14-18-13-19(25)9-12-21(18)30-22(15-29)27-28-24(30)17-7-10-20(11-8-17)31-23-6-4-5-16(2)26-23/h4-6,9,12-13,17,20H,3,7-8,10-11,14-15H2,1-2H3. The molecule has 3 heterocycles. The number of pyridine rings is 1. The lowest BCUT2D eigenvalue weighted by Gasteiger charge is -2.28. The van der Waals surface area contributed by atoms with Gasteiger partial charge in [0, 0.05) is 29.2 Å². The summed E-state index contributed by atoms with van der Waals surface area (Å²) in [7, 11) is 0. The molecule has 0 N–H and O–H groups in total. The van der Waals surface area contributed by atoms with Crippen LogP contribution >= 0.6 is 11.6 Å². The van der Waals surface area contributed by atoms with Crippen molar-refractivity contribution in [2.24, 2.45) is 0 Å². The van der Waals surface area contributed by atoms with Gasteiger partial charge >= 0.3 is 0 Å². The molecule has 0 unspecified atom stereocenters. The molecule has 31 heavy (non-hydrogen) atoms. The molecule has 0 spiro atoms. The number of rotatable bonds is 4. The van der Waals surface area contributed by atoms with Gasteiger partial charge in [0.05, 0.1) is 12.2 Å². The summed E-state index contributed by atoms with van der Waals surface area (Å²) in [6.07, 6.45) is 4.27. The molecule has 6 nitrogen and oxygen atoms in total. The van der Waals surface area contributed by atoms with Crippen LogP contribution in [0.5, 0.6) is 5.88 Å². The minimum Gasteiger partial charge on any atom is -0.474 e. The Hall–Kier alpha value is -2.44. The van der Waals surface area contributed by atoms with Crippen LogP contribution in [-0.2, 0) is 13.1 Å². The van der Waals surface area contributed by atoms with Gasteiger partial charge in [-0.15, -0.1) is 10.2 Å². The lowest BCUT2D eigenvalue weighted by Crippen LogP contribution is -2.25. The van der Waals surface area contributed by atoms with E-state index in [4.69, 9.17) is 16.3 Å². The molecule has 7 heteroatoms. The smallest absolute Gasteiger partial charge is 0.213 e. The second-order valence-electron chi connectivity index (χ2n) is 8.59. The van der Waals surface area contributed by atoms with Gasteiger partial charge in [0.2, 0.25) is 5.88 Å². The van der Waals surface area contributed by atoms with Crippen molar-refractivity contribution in [2.45, 2.75) is 64.6 Å². The molecule has 1 aliphatic heterocycles. The highest BCUT2D eigenvalue weighted by atomic mass is 35.5. The predicted octanol–water partition coefficient (Wildman–Crippen LogP) is 5.06. The topological polar surface area (TPSA) is 56.1 Å². The summed E-state index contributed by atoms with van der Waals surface area (Å²) in [5, 5.41) is 10.1. The van der Waals surface area contributed by atoms with Crippen molar-refractivity contribution in [3.8, 4) is 11.6 Å². The van der Waals surface area contributed by atoms with Crippen molar-refractivity contribution in [3.05, 3.63) is 64.3 Å². The summed E-state index contributed by atoms with van der Waals surface area (Å²) >= 11 is 6.32. The summed E-state index contributed by atoms with van der Waals surface area (Å²) in [4.78, 5) is 6.87. The maximum Gasteiger partial charge on any atom is 0.213 e. The van der Waals surface area contributed by atoms with E-state index in [0.717, 1.165) is 79.3 Å². The molecule has 0 bridgehead atoms. The molecule has 0 radical (unpaired) electrons. The average molecular weight is 438 g/mol. The van der Waals surface area contributed by atoms with Gasteiger partial charge in [-0.25, -0.2) is 4.98 Å². The first-order valence-corrected chi connectivity index (χ1v) is 11.5. The van der Waals surface area contributed by atoms with E-state index in [1.807, 2.05) is 31.2 Å². The zero-order chi connectivity index (χ0) is 21.4. The normalized spacial score (nSPS) is 21.3. The van der Waals surface area contributed by atoms with Crippen LogP contribution in [0, 0.1) is 6.92 Å². The van der Waals surface area contributed by atoms with E-state index >= 15 is 0 Å². The van der Waals surface area contributed by atoms with Crippen LogP contribution in [0.4, 0.5) is 0 Å². The Morgan fingerprint density at radius 2 is 1.90 bits per heavy atom. The molecular formula is C24H28ClN5O. The first-order valence-electron chi connectivity index (χ1n) is 11.2. The third kappa shape index (κ3) is 4.19. The molecule has 0 amide bonds. The first-order chi connectivity index (χ1) is 15.1. The minimum absolute atomic E-state index is 0.207. The Kier molecular flexibility index (Phi) is 5.67. The maximum absolute atomic E-state index is 6.32. The molecular weight excluding hydrogens is 410 g/mol. The lowest BCUT2D eigenvalue weighted by molar-refractivity contribution is 0.138. The molecule has 1 fully saturated rings. The van der Waals surface area contributed by atoms with Gasteiger partial charge in [-0.3, -0.25) is 9.47 Å². The fourth-order valence-electron chi connectivity index (χ4n) is 4.77. The molecule has 0 saturated heterocycles. The van der Waals surface area contributed by atoms with E-state index in [-0.39, 0.29) is 6.10 Å². The van der Waals surface area contributed by atoms with E-state index in [2.05, 4.69) is 43.7 Å². The van der Waals surface area contributed by atoms with Crippen LogP contribution < -0.4 is 4.74 Å². The molecule has 2 aromatic heterocycles. The Balaban J connectivity index is 1.38. The fraction of sp³-hybridized carbons (Fsp3) is 0.458. The number of halogens is 1. The number of hydrogen-bond donors (Lipinski definition) is 0. The lowest BCUT2D eigenvalue weighted by atomic mass is 9.86. The first kappa shape index (κ1) is 20.5. The number of aryl methyl sites for hydroxylation is 1. The van der Waals surface area contributed by atoms with E-state index in [1.165, 1.54) is 5.56 Å². The average Bonchev–Trinajstić information content (AvgIpc) is 3.10. The van der Waals surface area contributed by atoms with E-state index in [1.54, 1.807) is 0 Å². The van der Waals surface area contributed by atoms with Gasteiger partial charge < -0.3 is 4.74 Å². The maximum atomic E-state index is 6.32. The molecule has 3 aromatic rings. The predicted molar refractivity (Wildman–Crippen MR) is 121 cm³/mol. The van der Waals surface area contributed by atoms with Crippen LogP contribution in [0.3, 0.4) is 0 Å². The number of aromatic nitrogens is 4. The number of nitrogens with zero attached hydrogens (tertiary/aromatic N) is 5. The number of hydrogen-bond acceptors (Lipinski definition) is 5. The van der Waals surface area contributed by atoms with Gasteiger partial charge in [-0.1, -0.05) is 24.6 Å². The SMILES string of the molecule is CCN1Cc2cc(Cl)ccc2-n2c(nnc2C2CCC(Oc3cccc(C)n3)CC2)C1. The zero-order valence-electron chi connectivity index (χ0n) is 18.1. The van der Waals surface area contributed by atoms with Gasteiger partial charge in [-0.05, 0) is 69.0 Å². The van der Waals surface area contributed by atoms with Crippen LogP contribution in [0.15, 0.2) is 36.4 Å². The van der Waals surface area contributed by atoms with Gasteiger partial charge in [0.25, 0.3) is 0 Å². The van der Waals surface area contributed by atoms with Crippen LogP contribution in [0.1, 0.15) is 61.4 Å². The van der Waals surface area contributed by atoms with Crippen molar-refractivity contribution in [2.75, 3.05) is 6.54 Å². The van der Waals surface area contributed by atoms with Crippen molar-refractivity contribution in [3.63, 3.8) is 0 Å². The van der Waals surface area contributed by atoms with Crippen molar-refractivity contribution >= 4 is 11.6 Å². The van der Waals surface area contributed by atoms with E-state index < -0.39 is 0 Å². The van der Waals surface area contributed by atoms with Crippen LogP contribution in [0.2, 0.25) is 5.02 Å². The molecule has 1 aliphatic carbocycles. The Labute approximate surface area is 188 Å². The molecule has 2 aliphatic rings. The van der Waals surface area contributed by atoms with E-state index in [9.17, 15) is 0 Å². The molecule has 1 aromatic carbocycles. The third-order valence-electron chi connectivity index (χ3n) is 6.43. The van der Waals surface area contributed by atoms with Crippen molar-refractivity contribution < 1.29 is 4.74 Å². The quantitative estimate of drug-likeness (QED) is 0.570. The molecule has 1 saturated carbocycles.